The fraction of sp³-hybridized carbons (Fsp3) is 0.480. The van der Waals surface area contributed by atoms with Crippen LogP contribution in [0.3, 0.4) is 0 Å². The summed E-state index contributed by atoms with van der Waals surface area (Å²) in [6.45, 7) is 4.34. The maximum Gasteiger partial charge on any atom is 0.251 e. The van der Waals surface area contributed by atoms with Gasteiger partial charge >= 0.3 is 0 Å². The number of nitrogens with one attached hydrogen (secondary N) is 1. The molecule has 3 aliphatic rings. The molecule has 0 spiro atoms. The average molecular weight is 570 g/mol. The number of hydrogen-bond acceptors (Lipinski definition) is 9. The van der Waals surface area contributed by atoms with Crippen LogP contribution in [0.4, 0.5) is 4.39 Å². The molecular weight excluding hydrogens is 540 g/mol. The van der Waals surface area contributed by atoms with E-state index >= 15 is 0 Å². The van der Waals surface area contributed by atoms with Gasteiger partial charge in [-0.1, -0.05) is 0 Å². The van der Waals surface area contributed by atoms with Crippen molar-refractivity contribution >= 4 is 35.8 Å². The Morgan fingerprint density at radius 3 is 2.76 bits per heavy atom. The van der Waals surface area contributed by atoms with Crippen LogP contribution >= 0.6 is 24.8 Å². The lowest BCUT2D eigenvalue weighted by Gasteiger charge is -2.39. The first-order valence-corrected chi connectivity index (χ1v) is 12.2. The van der Waals surface area contributed by atoms with Gasteiger partial charge in [0.25, 0.3) is 5.56 Å². The molecule has 6 rings (SSSR count). The van der Waals surface area contributed by atoms with Gasteiger partial charge in [0.05, 0.1) is 35.8 Å². The van der Waals surface area contributed by atoms with E-state index in [0.29, 0.717) is 74.9 Å². The highest BCUT2D eigenvalue weighted by molar-refractivity contribution is 5.85. The topological polar surface area (TPSA) is 111 Å². The van der Waals surface area contributed by atoms with Crippen LogP contribution in [0.25, 0.3) is 11.0 Å². The minimum absolute atomic E-state index is 0. The van der Waals surface area contributed by atoms with Crippen molar-refractivity contribution < 1.29 is 23.7 Å². The Hall–Kier alpha value is -2.70. The van der Waals surface area contributed by atoms with Crippen molar-refractivity contribution in [2.24, 2.45) is 5.92 Å². The summed E-state index contributed by atoms with van der Waals surface area (Å²) < 4.78 is 32.8. The highest BCUT2D eigenvalue weighted by Gasteiger charge is 2.32. The van der Waals surface area contributed by atoms with Gasteiger partial charge in [-0.05, 0) is 12.5 Å². The smallest absolute Gasteiger partial charge is 0.251 e. The van der Waals surface area contributed by atoms with Crippen molar-refractivity contribution in [1.82, 2.24) is 24.8 Å². The minimum Gasteiger partial charge on any atom is -0.486 e. The van der Waals surface area contributed by atoms with E-state index in [4.69, 9.17) is 14.2 Å². The number of aliphatic hydroxyl groups excluding tert-OH is 1. The summed E-state index contributed by atoms with van der Waals surface area (Å²) >= 11 is 0. The molecule has 13 heteroatoms. The molecule has 0 aliphatic carbocycles. The minimum atomic E-state index is -0.569. The van der Waals surface area contributed by atoms with Gasteiger partial charge in [-0.3, -0.25) is 19.3 Å². The molecule has 2 unspecified atom stereocenters. The second kappa shape index (κ2) is 12.0. The van der Waals surface area contributed by atoms with Gasteiger partial charge in [0, 0.05) is 50.8 Å². The molecular formula is C25H30Cl2FN5O5. The van der Waals surface area contributed by atoms with Crippen LogP contribution in [0.2, 0.25) is 0 Å². The van der Waals surface area contributed by atoms with E-state index in [0.717, 1.165) is 11.9 Å². The molecule has 6 heterocycles. The van der Waals surface area contributed by atoms with Gasteiger partial charge in [-0.15, -0.1) is 24.8 Å². The predicted octanol–water partition coefficient (Wildman–Crippen LogP) is 1.95. The van der Waals surface area contributed by atoms with Crippen LogP contribution in [0.15, 0.2) is 35.4 Å². The number of aliphatic hydroxyl groups is 1. The summed E-state index contributed by atoms with van der Waals surface area (Å²) in [6, 6.07) is 4.66. The van der Waals surface area contributed by atoms with E-state index in [1.54, 1.807) is 16.8 Å². The zero-order valence-electron chi connectivity index (χ0n) is 20.5. The number of aromatic nitrogens is 3. The van der Waals surface area contributed by atoms with Crippen LogP contribution in [0, 0.1) is 11.7 Å². The molecule has 0 bridgehead atoms. The average Bonchev–Trinajstić information content (AvgIpc) is 2.89. The fourth-order valence-corrected chi connectivity index (χ4v) is 5.29. The third-order valence-corrected chi connectivity index (χ3v) is 7.09. The molecule has 0 saturated carbocycles. The van der Waals surface area contributed by atoms with E-state index in [-0.39, 0.29) is 54.7 Å². The van der Waals surface area contributed by atoms with E-state index in [2.05, 4.69) is 20.2 Å². The molecule has 38 heavy (non-hydrogen) atoms. The Labute approximate surface area is 230 Å². The number of rotatable bonds is 6. The molecule has 3 aliphatic heterocycles. The van der Waals surface area contributed by atoms with E-state index in [1.807, 2.05) is 6.07 Å². The van der Waals surface area contributed by atoms with Crippen molar-refractivity contribution in [3.8, 4) is 17.2 Å². The van der Waals surface area contributed by atoms with Gasteiger partial charge in [-0.2, -0.15) is 0 Å². The van der Waals surface area contributed by atoms with E-state index in [9.17, 15) is 14.3 Å². The molecule has 3 aromatic heterocycles. The highest BCUT2D eigenvalue weighted by Crippen LogP contribution is 2.33. The molecule has 10 nitrogen and oxygen atoms in total. The Balaban J connectivity index is 0.00000168. The van der Waals surface area contributed by atoms with Gasteiger partial charge in [-0.25, -0.2) is 4.39 Å². The number of ether oxygens (including phenoxy) is 3. The molecule has 1 fully saturated rings. The van der Waals surface area contributed by atoms with Gasteiger partial charge < -0.3 is 29.5 Å². The lowest BCUT2D eigenvalue weighted by Crippen LogP contribution is -2.49. The molecule has 0 aromatic carbocycles. The van der Waals surface area contributed by atoms with E-state index in [1.165, 1.54) is 6.07 Å². The second-order valence-corrected chi connectivity index (χ2v) is 9.50. The lowest BCUT2D eigenvalue weighted by atomic mass is 9.94. The SMILES string of the molecule is Cl.Cl.O=c1ccc2ncc(F)c3c2n1[C@H](CN1CCC(O)C(CNCc2cc4c(cn2)OCCO4)C1)CO3. The maximum absolute atomic E-state index is 14.3. The number of pyridine rings is 3. The van der Waals surface area contributed by atoms with Crippen LogP contribution < -0.4 is 25.1 Å². The number of halogens is 3. The summed E-state index contributed by atoms with van der Waals surface area (Å²) in [5, 5.41) is 14.0. The van der Waals surface area contributed by atoms with Gasteiger partial charge in [0.2, 0.25) is 0 Å². The largest absolute Gasteiger partial charge is 0.486 e. The number of fused-ring (bicyclic) bond motifs is 1. The highest BCUT2D eigenvalue weighted by atomic mass is 35.5. The molecule has 3 aromatic rings. The molecule has 0 radical (unpaired) electrons. The van der Waals surface area contributed by atoms with Crippen molar-refractivity contribution in [1.29, 1.82) is 0 Å². The first kappa shape index (κ1) is 28.3. The number of piperidine rings is 1. The first-order valence-electron chi connectivity index (χ1n) is 12.2. The van der Waals surface area contributed by atoms with Crippen LogP contribution in [-0.4, -0.2) is 76.6 Å². The zero-order valence-corrected chi connectivity index (χ0v) is 22.2. The Bertz CT molecular complexity index is 1350. The Morgan fingerprint density at radius 2 is 1.92 bits per heavy atom. The van der Waals surface area contributed by atoms with Gasteiger partial charge in [0.15, 0.2) is 23.1 Å². The van der Waals surface area contributed by atoms with E-state index < -0.39 is 11.9 Å². The van der Waals surface area contributed by atoms with Crippen molar-refractivity contribution in [2.45, 2.75) is 25.1 Å². The van der Waals surface area contributed by atoms with Crippen LogP contribution in [0.1, 0.15) is 18.2 Å². The standard InChI is InChI=1S/C25H28FN5O5.2ClH/c26-18-10-29-19-1-2-23(33)31-17(14-36-25(18)24(19)31)13-30-4-3-20(32)15(12-30)8-27-9-16-7-21-22(11-28-16)35-6-5-34-21;;/h1-2,7,10-11,15,17,20,27,32H,3-6,8-9,12-14H2;2*1H/t15?,17-,20?;;/m1../s1. The first-order chi connectivity index (χ1) is 17.6. The molecule has 3 atom stereocenters. The van der Waals surface area contributed by atoms with Crippen molar-refractivity contribution in [3.63, 3.8) is 0 Å². The number of likely N-dealkylation sites (tertiary alicyclic amines) is 1. The van der Waals surface area contributed by atoms with Crippen LogP contribution in [0.5, 0.6) is 17.2 Å². The number of hydrogen-bond donors (Lipinski definition) is 2. The third kappa shape index (κ3) is 5.52. The van der Waals surface area contributed by atoms with Crippen molar-refractivity contribution in [3.05, 3.63) is 52.5 Å². The molecule has 2 N–H and O–H groups in total. The fourth-order valence-electron chi connectivity index (χ4n) is 5.29. The zero-order chi connectivity index (χ0) is 24.6. The Morgan fingerprint density at radius 1 is 1.11 bits per heavy atom. The normalized spacial score (nSPS) is 22.2. The lowest BCUT2D eigenvalue weighted by molar-refractivity contribution is 0.0184. The summed E-state index contributed by atoms with van der Waals surface area (Å²) in [5.74, 6) is 0.886. The molecule has 206 valence electrons. The molecule has 0 amide bonds. The van der Waals surface area contributed by atoms with Crippen LogP contribution in [-0.2, 0) is 6.54 Å². The summed E-state index contributed by atoms with van der Waals surface area (Å²) in [6.07, 6.45) is 3.01. The Kier molecular flexibility index (Phi) is 8.94. The second-order valence-electron chi connectivity index (χ2n) is 9.50. The summed E-state index contributed by atoms with van der Waals surface area (Å²) in [5.41, 5.74) is 1.57. The van der Waals surface area contributed by atoms with Gasteiger partial charge in [0.1, 0.15) is 25.3 Å². The quantitative estimate of drug-likeness (QED) is 0.460. The predicted molar refractivity (Wildman–Crippen MR) is 142 cm³/mol. The monoisotopic (exact) mass is 569 g/mol. The number of nitrogens with zero attached hydrogens (tertiary/aromatic N) is 4. The molecule has 1 saturated heterocycles. The third-order valence-electron chi connectivity index (χ3n) is 7.09. The summed E-state index contributed by atoms with van der Waals surface area (Å²) in [7, 11) is 0. The maximum atomic E-state index is 14.3. The summed E-state index contributed by atoms with van der Waals surface area (Å²) in [4.78, 5) is 23.5. The van der Waals surface area contributed by atoms with Crippen molar-refractivity contribution in [2.75, 3.05) is 46.0 Å².